The van der Waals surface area contributed by atoms with E-state index in [0.717, 1.165) is 31.7 Å². The maximum Gasteiger partial charge on any atom is 0.123 e. The largest absolute Gasteiger partial charge is 0.375 e. The van der Waals surface area contributed by atoms with Crippen molar-refractivity contribution in [3.63, 3.8) is 0 Å². The van der Waals surface area contributed by atoms with Crippen molar-refractivity contribution in [2.24, 2.45) is 5.73 Å². The molecule has 4 heteroatoms. The predicted octanol–water partition coefficient (Wildman–Crippen LogP) is 2.55. The zero-order valence-electron chi connectivity index (χ0n) is 11.7. The molecular formula is C15H23FN2O. The van der Waals surface area contributed by atoms with E-state index in [1.54, 1.807) is 0 Å². The normalized spacial score (nSPS) is 22.2. The zero-order chi connectivity index (χ0) is 13.9. The Labute approximate surface area is 114 Å². The molecule has 1 atom stereocenters. The van der Waals surface area contributed by atoms with Gasteiger partial charge in [-0.1, -0.05) is 0 Å². The van der Waals surface area contributed by atoms with Crippen molar-refractivity contribution in [2.45, 2.75) is 38.3 Å². The fourth-order valence-corrected chi connectivity index (χ4v) is 2.76. The minimum absolute atomic E-state index is 0.101. The number of anilines is 1. The number of hydrogen-bond acceptors (Lipinski definition) is 3. The molecule has 0 aliphatic carbocycles. The van der Waals surface area contributed by atoms with Gasteiger partial charge in [-0.15, -0.1) is 0 Å². The van der Waals surface area contributed by atoms with E-state index in [9.17, 15) is 4.39 Å². The molecule has 1 fully saturated rings. The molecule has 0 spiro atoms. The third kappa shape index (κ3) is 3.67. The quantitative estimate of drug-likeness (QED) is 0.910. The van der Waals surface area contributed by atoms with Gasteiger partial charge in [-0.3, -0.25) is 0 Å². The first-order chi connectivity index (χ1) is 9.02. The minimum Gasteiger partial charge on any atom is -0.375 e. The van der Waals surface area contributed by atoms with Crippen LogP contribution in [0.25, 0.3) is 0 Å². The van der Waals surface area contributed by atoms with Crippen LogP contribution in [0, 0.1) is 5.82 Å². The van der Waals surface area contributed by atoms with Crippen LogP contribution in [0.4, 0.5) is 10.1 Å². The topological polar surface area (TPSA) is 38.5 Å². The summed E-state index contributed by atoms with van der Waals surface area (Å²) < 4.78 is 18.8. The van der Waals surface area contributed by atoms with Crippen LogP contribution in [0.3, 0.4) is 0 Å². The summed E-state index contributed by atoms with van der Waals surface area (Å²) in [5, 5.41) is 0. The average molecular weight is 266 g/mol. The lowest BCUT2D eigenvalue weighted by atomic mass is 9.92. The molecule has 2 N–H and O–H groups in total. The number of hydrogen-bond donors (Lipinski definition) is 1. The molecule has 19 heavy (non-hydrogen) atoms. The van der Waals surface area contributed by atoms with Gasteiger partial charge in [0.15, 0.2) is 0 Å². The first-order valence-electron chi connectivity index (χ1n) is 6.88. The summed E-state index contributed by atoms with van der Waals surface area (Å²) in [4.78, 5) is 2.28. The summed E-state index contributed by atoms with van der Waals surface area (Å²) in [7, 11) is 0. The molecule has 1 heterocycles. The molecule has 1 aromatic rings. The fraction of sp³-hybridized carbons (Fsp3) is 0.600. The van der Waals surface area contributed by atoms with E-state index in [1.165, 1.54) is 12.1 Å². The van der Waals surface area contributed by atoms with Crippen molar-refractivity contribution in [1.82, 2.24) is 0 Å². The van der Waals surface area contributed by atoms with Crippen LogP contribution < -0.4 is 10.6 Å². The van der Waals surface area contributed by atoms with E-state index in [-0.39, 0.29) is 11.4 Å². The zero-order valence-corrected chi connectivity index (χ0v) is 11.7. The van der Waals surface area contributed by atoms with Gasteiger partial charge in [0.2, 0.25) is 0 Å². The van der Waals surface area contributed by atoms with Gasteiger partial charge in [-0.25, -0.2) is 4.39 Å². The lowest BCUT2D eigenvalue weighted by molar-refractivity contribution is -0.0588. The van der Waals surface area contributed by atoms with E-state index < -0.39 is 0 Å². The minimum atomic E-state index is -0.205. The van der Waals surface area contributed by atoms with Crippen LogP contribution in [-0.2, 0) is 4.74 Å². The van der Waals surface area contributed by atoms with Crippen molar-refractivity contribution in [2.75, 3.05) is 24.6 Å². The van der Waals surface area contributed by atoms with Crippen LogP contribution in [0.5, 0.6) is 0 Å². The molecule has 1 aliphatic heterocycles. The second-order valence-corrected chi connectivity index (χ2v) is 5.71. The Morgan fingerprint density at radius 3 is 2.63 bits per heavy atom. The molecule has 3 nitrogen and oxygen atoms in total. The van der Waals surface area contributed by atoms with Gasteiger partial charge in [0.25, 0.3) is 0 Å². The summed E-state index contributed by atoms with van der Waals surface area (Å²) in [5.41, 5.74) is 6.66. The molecule has 0 amide bonds. The van der Waals surface area contributed by atoms with E-state index in [0.29, 0.717) is 12.6 Å². The Morgan fingerprint density at radius 1 is 1.37 bits per heavy atom. The van der Waals surface area contributed by atoms with Crippen LogP contribution >= 0.6 is 0 Å². The maximum absolute atomic E-state index is 13.0. The number of benzene rings is 1. The summed E-state index contributed by atoms with van der Waals surface area (Å²) in [6.45, 7) is 6.37. The third-order valence-electron chi connectivity index (χ3n) is 3.64. The van der Waals surface area contributed by atoms with Crippen LogP contribution in [0.1, 0.15) is 26.7 Å². The second kappa shape index (κ2) is 5.88. The summed E-state index contributed by atoms with van der Waals surface area (Å²) in [6, 6.07) is 7.06. The highest BCUT2D eigenvalue weighted by Gasteiger charge is 2.32. The molecule has 0 bridgehead atoms. The summed E-state index contributed by atoms with van der Waals surface area (Å²) in [5.74, 6) is -0.205. The lowest BCUT2D eigenvalue weighted by Crippen LogP contribution is -2.47. The number of nitrogens with two attached hydrogens (primary N) is 1. The standard InChI is InChI=1S/C15H23FN2O/c1-15(2)11-14(7-10-19-15)18(9-8-17)13-5-3-12(16)4-6-13/h3-6,14H,7-11,17H2,1-2H3. The Bertz CT molecular complexity index is 405. The molecule has 0 saturated carbocycles. The molecule has 1 unspecified atom stereocenters. The van der Waals surface area contributed by atoms with Crippen molar-refractivity contribution in [3.8, 4) is 0 Å². The fourth-order valence-electron chi connectivity index (χ4n) is 2.76. The molecule has 1 saturated heterocycles. The predicted molar refractivity (Wildman–Crippen MR) is 75.9 cm³/mol. The SMILES string of the molecule is CC1(C)CC(N(CCN)c2ccc(F)cc2)CCO1. The molecule has 1 aromatic carbocycles. The molecule has 2 rings (SSSR count). The van der Waals surface area contributed by atoms with Crippen molar-refractivity contribution >= 4 is 5.69 Å². The Hall–Kier alpha value is -1.13. The van der Waals surface area contributed by atoms with Gasteiger partial charge in [0.1, 0.15) is 5.82 Å². The highest BCUT2D eigenvalue weighted by molar-refractivity contribution is 5.47. The van der Waals surface area contributed by atoms with Gasteiger partial charge in [-0.05, 0) is 51.0 Å². The number of ether oxygens (including phenoxy) is 1. The van der Waals surface area contributed by atoms with E-state index >= 15 is 0 Å². The first-order valence-corrected chi connectivity index (χ1v) is 6.88. The van der Waals surface area contributed by atoms with Gasteiger partial charge < -0.3 is 15.4 Å². The number of nitrogens with zero attached hydrogens (tertiary/aromatic N) is 1. The maximum atomic E-state index is 13.0. The van der Waals surface area contributed by atoms with Crippen molar-refractivity contribution < 1.29 is 9.13 Å². The molecule has 0 radical (unpaired) electrons. The van der Waals surface area contributed by atoms with E-state index in [1.807, 2.05) is 12.1 Å². The monoisotopic (exact) mass is 266 g/mol. The Morgan fingerprint density at radius 2 is 2.05 bits per heavy atom. The van der Waals surface area contributed by atoms with Crippen LogP contribution in [-0.4, -0.2) is 31.3 Å². The van der Waals surface area contributed by atoms with E-state index in [4.69, 9.17) is 10.5 Å². The lowest BCUT2D eigenvalue weighted by Gasteiger charge is -2.42. The molecular weight excluding hydrogens is 243 g/mol. The van der Waals surface area contributed by atoms with Crippen LogP contribution in [0.15, 0.2) is 24.3 Å². The molecule has 1 aliphatic rings. The third-order valence-corrected chi connectivity index (χ3v) is 3.64. The Balaban J connectivity index is 2.17. The van der Waals surface area contributed by atoms with E-state index in [2.05, 4.69) is 18.7 Å². The van der Waals surface area contributed by atoms with Gasteiger partial charge in [-0.2, -0.15) is 0 Å². The average Bonchev–Trinajstić information content (AvgIpc) is 2.36. The highest BCUT2D eigenvalue weighted by atomic mass is 19.1. The van der Waals surface area contributed by atoms with Crippen molar-refractivity contribution in [3.05, 3.63) is 30.1 Å². The smallest absolute Gasteiger partial charge is 0.123 e. The first kappa shape index (κ1) is 14.3. The molecule has 106 valence electrons. The van der Waals surface area contributed by atoms with Crippen LogP contribution in [0.2, 0.25) is 0 Å². The number of halogens is 1. The summed E-state index contributed by atoms with van der Waals surface area (Å²) >= 11 is 0. The van der Waals surface area contributed by atoms with Gasteiger partial charge in [0, 0.05) is 31.4 Å². The number of rotatable bonds is 4. The highest BCUT2D eigenvalue weighted by Crippen LogP contribution is 2.30. The Kier molecular flexibility index (Phi) is 4.42. The van der Waals surface area contributed by atoms with Gasteiger partial charge >= 0.3 is 0 Å². The van der Waals surface area contributed by atoms with Crippen molar-refractivity contribution in [1.29, 1.82) is 0 Å². The van der Waals surface area contributed by atoms with Gasteiger partial charge in [0.05, 0.1) is 5.60 Å². The second-order valence-electron chi connectivity index (χ2n) is 5.71. The summed E-state index contributed by atoms with van der Waals surface area (Å²) in [6.07, 6.45) is 1.95. The molecule has 0 aromatic heterocycles.